The topological polar surface area (TPSA) is 52.6 Å². The standard InChI is InChI=1S/C10H4Cl2F16O4S/c11-9(25,26)7(21,22)5(17,18)3(13,14)1-31-33(29,30)32-2-4(15,16)6(19,20)8(23,24)10(12,27)28/h1-2H2. The van der Waals surface area contributed by atoms with Gasteiger partial charge >= 0.3 is 56.7 Å². The zero-order valence-corrected chi connectivity index (χ0v) is 16.6. The number of rotatable bonds is 12. The molecule has 0 aromatic rings. The minimum atomic E-state index is -7.22. The van der Waals surface area contributed by atoms with E-state index in [1.807, 2.05) is 0 Å². The van der Waals surface area contributed by atoms with Gasteiger partial charge in [-0.3, -0.25) is 0 Å². The van der Waals surface area contributed by atoms with Crippen LogP contribution in [0.3, 0.4) is 0 Å². The van der Waals surface area contributed by atoms with E-state index in [2.05, 4.69) is 31.6 Å². The molecule has 0 atom stereocenters. The highest BCUT2D eigenvalue weighted by Crippen LogP contribution is 2.55. The van der Waals surface area contributed by atoms with Crippen LogP contribution in [0.25, 0.3) is 0 Å². The molecule has 0 aliphatic carbocycles. The van der Waals surface area contributed by atoms with Gasteiger partial charge < -0.3 is 0 Å². The van der Waals surface area contributed by atoms with Crippen LogP contribution < -0.4 is 0 Å². The van der Waals surface area contributed by atoms with E-state index < -0.39 is 69.9 Å². The lowest BCUT2D eigenvalue weighted by atomic mass is 10.1. The third kappa shape index (κ3) is 5.95. The first-order chi connectivity index (χ1) is 13.9. The Morgan fingerprint density at radius 2 is 0.697 bits per heavy atom. The van der Waals surface area contributed by atoms with E-state index in [0.29, 0.717) is 0 Å². The molecule has 0 aromatic heterocycles. The molecule has 200 valence electrons. The van der Waals surface area contributed by atoms with Crippen molar-refractivity contribution in [2.75, 3.05) is 13.2 Å². The maximum absolute atomic E-state index is 13.2. The molecule has 0 bridgehead atoms. The molecular formula is C10H4Cl2F16O4S. The second-order valence-electron chi connectivity index (χ2n) is 5.63. The van der Waals surface area contributed by atoms with Gasteiger partial charge in [-0.2, -0.15) is 78.7 Å². The Morgan fingerprint density at radius 3 is 0.879 bits per heavy atom. The number of halogens is 18. The fourth-order valence-electron chi connectivity index (χ4n) is 1.32. The summed E-state index contributed by atoms with van der Waals surface area (Å²) < 4.78 is 233. The van der Waals surface area contributed by atoms with E-state index >= 15 is 0 Å². The molecule has 0 heterocycles. The molecule has 0 N–H and O–H groups in total. The van der Waals surface area contributed by atoms with Crippen LogP contribution in [0.5, 0.6) is 0 Å². The number of hydrogen-bond donors (Lipinski definition) is 0. The zero-order valence-electron chi connectivity index (χ0n) is 14.3. The first kappa shape index (κ1) is 32.3. The van der Waals surface area contributed by atoms with Gasteiger partial charge in [-0.05, 0) is 23.2 Å². The van der Waals surface area contributed by atoms with E-state index in [4.69, 9.17) is 0 Å². The van der Waals surface area contributed by atoms with Crippen molar-refractivity contribution in [2.45, 2.75) is 46.3 Å². The molecule has 0 aliphatic rings. The van der Waals surface area contributed by atoms with Crippen molar-refractivity contribution in [1.82, 2.24) is 0 Å². The number of hydrogen-bond acceptors (Lipinski definition) is 4. The van der Waals surface area contributed by atoms with Gasteiger partial charge in [-0.15, -0.1) is 0 Å². The molecule has 0 spiro atoms. The number of alkyl halides is 18. The Hall–Kier alpha value is -0.670. The fourth-order valence-corrected chi connectivity index (χ4v) is 2.21. The van der Waals surface area contributed by atoms with Crippen molar-refractivity contribution in [1.29, 1.82) is 0 Å². The van der Waals surface area contributed by atoms with Crippen LogP contribution in [0, 0.1) is 0 Å². The lowest BCUT2D eigenvalue weighted by Gasteiger charge is -2.34. The van der Waals surface area contributed by atoms with Gasteiger partial charge in [0.2, 0.25) is 0 Å². The molecule has 4 nitrogen and oxygen atoms in total. The molecule has 23 heteroatoms. The first-order valence-electron chi connectivity index (χ1n) is 6.85. The summed E-state index contributed by atoms with van der Waals surface area (Å²) in [6.07, 6.45) is 0. The van der Waals surface area contributed by atoms with E-state index in [1.165, 1.54) is 0 Å². The molecule has 33 heavy (non-hydrogen) atoms. The highest BCUT2D eigenvalue weighted by atomic mass is 35.5. The maximum Gasteiger partial charge on any atom is 0.400 e. The van der Waals surface area contributed by atoms with Gasteiger partial charge in [-0.1, -0.05) is 0 Å². The van der Waals surface area contributed by atoms with E-state index in [0.717, 1.165) is 0 Å². The van der Waals surface area contributed by atoms with Crippen LogP contribution in [-0.4, -0.2) is 67.9 Å². The van der Waals surface area contributed by atoms with Crippen molar-refractivity contribution in [3.05, 3.63) is 0 Å². The molecule has 0 rings (SSSR count). The lowest BCUT2D eigenvalue weighted by molar-refractivity contribution is -0.353. The molecule has 0 radical (unpaired) electrons. The van der Waals surface area contributed by atoms with Gasteiger partial charge in [0.15, 0.2) is 0 Å². The average Bonchev–Trinajstić information content (AvgIpc) is 2.56. The van der Waals surface area contributed by atoms with Gasteiger partial charge in [0.25, 0.3) is 0 Å². The predicted molar refractivity (Wildman–Crippen MR) is 72.1 cm³/mol. The normalized spacial score (nSPS) is 16.3. The quantitative estimate of drug-likeness (QED) is 0.214. The van der Waals surface area contributed by atoms with Gasteiger partial charge in [0, 0.05) is 0 Å². The highest BCUT2D eigenvalue weighted by Gasteiger charge is 2.81. The lowest BCUT2D eigenvalue weighted by Crippen LogP contribution is -2.62. The van der Waals surface area contributed by atoms with Crippen LogP contribution in [-0.2, 0) is 18.8 Å². The van der Waals surface area contributed by atoms with Crippen molar-refractivity contribution in [2.24, 2.45) is 0 Å². The zero-order chi connectivity index (χ0) is 27.3. The predicted octanol–water partition coefficient (Wildman–Crippen LogP) is 5.74. The summed E-state index contributed by atoms with van der Waals surface area (Å²) in [4.78, 5) is 0. The summed E-state index contributed by atoms with van der Waals surface area (Å²) in [5.74, 6) is -41.9. The molecule has 0 unspecified atom stereocenters. The Kier molecular flexibility index (Phi) is 8.59. The maximum atomic E-state index is 13.2. The minimum absolute atomic E-state index is 2.71. The summed E-state index contributed by atoms with van der Waals surface area (Å²) in [7, 11) is -6.69. The largest absolute Gasteiger partial charge is 0.400 e. The Labute approximate surface area is 181 Å². The Morgan fingerprint density at radius 1 is 0.485 bits per heavy atom. The van der Waals surface area contributed by atoms with Crippen LogP contribution in [0.2, 0.25) is 0 Å². The summed E-state index contributed by atoms with van der Waals surface area (Å²) in [6, 6.07) is 0. The molecule has 0 aliphatic heterocycles. The van der Waals surface area contributed by atoms with Crippen molar-refractivity contribution >= 4 is 33.6 Å². The van der Waals surface area contributed by atoms with Crippen LogP contribution in [0.1, 0.15) is 0 Å². The first-order valence-corrected chi connectivity index (χ1v) is 8.94. The van der Waals surface area contributed by atoms with Crippen molar-refractivity contribution < 1.29 is 87.0 Å². The smallest absolute Gasteiger partial charge is 0.242 e. The molecule has 0 aromatic carbocycles. The monoisotopic (exact) mass is 594 g/mol. The SMILES string of the molecule is O=S(=O)(OCC(F)(F)C(F)(F)C(F)(F)C(F)(F)Cl)OCC(F)(F)C(F)(F)C(F)(F)C(F)(F)Cl. The Balaban J connectivity index is 5.60. The molecule has 0 fully saturated rings. The summed E-state index contributed by atoms with van der Waals surface area (Å²) in [6.45, 7) is -7.22. The third-order valence-electron chi connectivity index (χ3n) is 3.19. The molecule has 0 saturated heterocycles. The third-order valence-corrected chi connectivity index (χ3v) is 4.48. The fraction of sp³-hybridized carbons (Fsp3) is 1.00. The second-order valence-corrected chi connectivity index (χ2v) is 7.87. The minimum Gasteiger partial charge on any atom is -0.242 e. The van der Waals surface area contributed by atoms with Crippen LogP contribution >= 0.6 is 23.2 Å². The van der Waals surface area contributed by atoms with E-state index in [1.54, 1.807) is 0 Å². The second kappa shape index (κ2) is 8.77. The average molecular weight is 595 g/mol. The molecule has 0 amide bonds. The molecule has 0 saturated carbocycles. The van der Waals surface area contributed by atoms with Crippen molar-refractivity contribution in [3.8, 4) is 0 Å². The Bertz CT molecular complexity index is 743. The summed E-state index contributed by atoms with van der Waals surface area (Å²) >= 11 is 7.12. The van der Waals surface area contributed by atoms with E-state index in [-0.39, 0.29) is 0 Å². The van der Waals surface area contributed by atoms with Gasteiger partial charge in [0.1, 0.15) is 13.2 Å². The van der Waals surface area contributed by atoms with Crippen LogP contribution in [0.15, 0.2) is 0 Å². The van der Waals surface area contributed by atoms with Gasteiger partial charge in [0.05, 0.1) is 0 Å². The van der Waals surface area contributed by atoms with Crippen LogP contribution in [0.4, 0.5) is 70.2 Å². The molecular weight excluding hydrogens is 591 g/mol. The van der Waals surface area contributed by atoms with E-state index in [9.17, 15) is 78.7 Å². The summed E-state index contributed by atoms with van der Waals surface area (Å²) in [5.41, 5.74) is 0. The summed E-state index contributed by atoms with van der Waals surface area (Å²) in [5, 5.41) is -12.8. The van der Waals surface area contributed by atoms with Gasteiger partial charge in [-0.25, -0.2) is 8.37 Å². The van der Waals surface area contributed by atoms with Crippen molar-refractivity contribution in [3.63, 3.8) is 0 Å². The highest BCUT2D eigenvalue weighted by molar-refractivity contribution is 7.81.